The van der Waals surface area contributed by atoms with Crippen molar-refractivity contribution >= 4 is 45.0 Å². The summed E-state index contributed by atoms with van der Waals surface area (Å²) in [6.07, 6.45) is 1.51. The van der Waals surface area contributed by atoms with Crippen LogP contribution >= 0.6 is 22.7 Å². The summed E-state index contributed by atoms with van der Waals surface area (Å²) in [6, 6.07) is 11.8. The van der Waals surface area contributed by atoms with E-state index in [1.165, 1.54) is 35.8 Å². The molecule has 8 heteroatoms. The second-order valence-electron chi connectivity index (χ2n) is 6.26. The van der Waals surface area contributed by atoms with Crippen LogP contribution in [-0.2, 0) is 4.74 Å². The minimum atomic E-state index is -0.506. The molecule has 0 radical (unpaired) electrons. The van der Waals surface area contributed by atoms with Crippen molar-refractivity contribution in [2.45, 2.75) is 20.8 Å². The van der Waals surface area contributed by atoms with Crippen molar-refractivity contribution in [3.8, 4) is 17.3 Å². The van der Waals surface area contributed by atoms with Gasteiger partial charge < -0.3 is 10.1 Å². The number of carbonyl (C=O) groups excluding carboxylic acids is 2. The number of nitriles is 1. The van der Waals surface area contributed by atoms with E-state index >= 15 is 0 Å². The molecule has 0 fully saturated rings. The molecule has 2 heterocycles. The number of ketones is 1. The molecular formula is C22H19N3O3S2. The maximum Gasteiger partial charge on any atom is 0.341 e. The molecule has 0 unspecified atom stereocenters. The van der Waals surface area contributed by atoms with Crippen molar-refractivity contribution in [3.05, 3.63) is 62.9 Å². The fraction of sp³-hybridized carbons (Fsp3) is 0.182. The molecule has 1 N–H and O–H groups in total. The number of hydrogen-bond acceptors (Lipinski definition) is 8. The molecule has 0 saturated carbocycles. The van der Waals surface area contributed by atoms with E-state index in [-0.39, 0.29) is 12.4 Å². The lowest BCUT2D eigenvalue weighted by Crippen LogP contribution is -2.08. The summed E-state index contributed by atoms with van der Waals surface area (Å²) in [5.41, 5.74) is 2.96. The van der Waals surface area contributed by atoms with Gasteiger partial charge >= 0.3 is 5.97 Å². The molecule has 1 aromatic carbocycles. The van der Waals surface area contributed by atoms with Crippen LogP contribution in [0.25, 0.3) is 16.8 Å². The average Bonchev–Trinajstić information content (AvgIpc) is 3.34. The van der Waals surface area contributed by atoms with E-state index < -0.39 is 5.97 Å². The SMILES string of the molecule is CCOC(=O)c1c(NC=C(C#N)c2nc(-c3ccccc3)cs2)sc(C(C)=O)c1C. The normalized spacial score (nSPS) is 11.1. The Hall–Kier alpha value is -3.28. The van der Waals surface area contributed by atoms with Crippen LogP contribution in [0.3, 0.4) is 0 Å². The molecular weight excluding hydrogens is 418 g/mol. The van der Waals surface area contributed by atoms with Gasteiger partial charge in [-0.2, -0.15) is 5.26 Å². The van der Waals surface area contributed by atoms with Crippen molar-refractivity contribution in [2.75, 3.05) is 11.9 Å². The summed E-state index contributed by atoms with van der Waals surface area (Å²) in [7, 11) is 0. The zero-order valence-electron chi connectivity index (χ0n) is 16.7. The predicted molar refractivity (Wildman–Crippen MR) is 120 cm³/mol. The zero-order chi connectivity index (χ0) is 21.7. The Morgan fingerprint density at radius 2 is 2.03 bits per heavy atom. The lowest BCUT2D eigenvalue weighted by atomic mass is 10.1. The number of thiazole rings is 1. The van der Waals surface area contributed by atoms with E-state index in [2.05, 4.69) is 16.4 Å². The van der Waals surface area contributed by atoms with Crippen molar-refractivity contribution in [3.63, 3.8) is 0 Å². The molecule has 0 aliphatic carbocycles. The van der Waals surface area contributed by atoms with Gasteiger partial charge in [0.15, 0.2) is 5.78 Å². The van der Waals surface area contributed by atoms with Gasteiger partial charge in [0.2, 0.25) is 0 Å². The summed E-state index contributed by atoms with van der Waals surface area (Å²) in [4.78, 5) is 29.4. The highest BCUT2D eigenvalue weighted by Crippen LogP contribution is 2.35. The molecule has 0 aliphatic rings. The zero-order valence-corrected chi connectivity index (χ0v) is 18.3. The highest BCUT2D eigenvalue weighted by molar-refractivity contribution is 7.18. The fourth-order valence-electron chi connectivity index (χ4n) is 2.82. The number of benzene rings is 1. The monoisotopic (exact) mass is 437 g/mol. The van der Waals surface area contributed by atoms with E-state index in [4.69, 9.17) is 4.74 Å². The van der Waals surface area contributed by atoms with E-state index in [1.54, 1.807) is 13.8 Å². The van der Waals surface area contributed by atoms with Crippen LogP contribution in [0.1, 0.15) is 44.4 Å². The Kier molecular flexibility index (Phi) is 6.77. The van der Waals surface area contributed by atoms with Gasteiger partial charge in [-0.1, -0.05) is 30.3 Å². The number of thiophene rings is 1. The smallest absolute Gasteiger partial charge is 0.341 e. The number of carbonyl (C=O) groups is 2. The number of nitrogens with one attached hydrogen (secondary N) is 1. The summed E-state index contributed by atoms with van der Waals surface area (Å²) < 4.78 is 5.13. The van der Waals surface area contributed by atoms with E-state index in [0.29, 0.717) is 31.6 Å². The number of esters is 1. The summed E-state index contributed by atoms with van der Waals surface area (Å²) >= 11 is 2.53. The first-order chi connectivity index (χ1) is 14.5. The Bertz CT molecular complexity index is 1150. The van der Waals surface area contributed by atoms with Gasteiger partial charge in [0, 0.05) is 17.1 Å². The molecule has 6 nitrogen and oxygen atoms in total. The predicted octanol–water partition coefficient (Wildman–Crippen LogP) is 5.54. The number of hydrogen-bond donors (Lipinski definition) is 1. The van der Waals surface area contributed by atoms with Crippen molar-refractivity contribution in [1.82, 2.24) is 4.98 Å². The molecule has 0 saturated heterocycles. The van der Waals surface area contributed by atoms with Gasteiger partial charge in [0.25, 0.3) is 0 Å². The molecule has 0 aliphatic heterocycles. The van der Waals surface area contributed by atoms with Crippen LogP contribution < -0.4 is 5.32 Å². The Morgan fingerprint density at radius 3 is 2.67 bits per heavy atom. The van der Waals surface area contributed by atoms with Gasteiger partial charge in [-0.3, -0.25) is 4.79 Å². The quantitative estimate of drug-likeness (QED) is 0.297. The molecule has 30 heavy (non-hydrogen) atoms. The van der Waals surface area contributed by atoms with Crippen LogP contribution in [0.15, 0.2) is 41.9 Å². The van der Waals surface area contributed by atoms with E-state index in [9.17, 15) is 14.9 Å². The third-order valence-electron chi connectivity index (χ3n) is 4.22. The van der Waals surface area contributed by atoms with Crippen LogP contribution in [0, 0.1) is 18.3 Å². The number of anilines is 1. The first-order valence-electron chi connectivity index (χ1n) is 9.15. The summed E-state index contributed by atoms with van der Waals surface area (Å²) in [6.45, 7) is 5.12. The molecule has 3 rings (SSSR count). The van der Waals surface area contributed by atoms with Crippen LogP contribution in [0.4, 0.5) is 5.00 Å². The molecule has 0 amide bonds. The van der Waals surface area contributed by atoms with Crippen LogP contribution in [0.5, 0.6) is 0 Å². The highest BCUT2D eigenvalue weighted by Gasteiger charge is 2.24. The van der Waals surface area contributed by atoms with Gasteiger partial charge in [-0.15, -0.1) is 22.7 Å². The standard InChI is InChI=1S/C22H19N3O3S2/c1-4-28-22(27)18-13(2)19(14(3)26)30-21(18)24-11-16(10-23)20-25-17(12-29-20)15-8-6-5-7-9-15/h5-9,11-12,24H,4H2,1-3H3. The van der Waals surface area contributed by atoms with Crippen molar-refractivity contribution in [1.29, 1.82) is 5.26 Å². The first-order valence-corrected chi connectivity index (χ1v) is 10.8. The summed E-state index contributed by atoms with van der Waals surface area (Å²) in [5.74, 6) is -0.637. The van der Waals surface area contributed by atoms with Crippen LogP contribution in [0.2, 0.25) is 0 Å². The number of nitrogens with zero attached hydrogens (tertiary/aromatic N) is 2. The second-order valence-corrected chi connectivity index (χ2v) is 8.13. The first kappa shape index (κ1) is 21.4. The van der Waals surface area contributed by atoms with Gasteiger partial charge in [-0.05, 0) is 26.3 Å². The minimum Gasteiger partial charge on any atom is -0.462 e. The number of rotatable bonds is 7. The lowest BCUT2D eigenvalue weighted by Gasteiger charge is -2.05. The Labute approximate surface area is 182 Å². The minimum absolute atomic E-state index is 0.131. The number of ether oxygens (including phenoxy) is 1. The Morgan fingerprint density at radius 1 is 1.30 bits per heavy atom. The van der Waals surface area contributed by atoms with E-state index in [0.717, 1.165) is 11.3 Å². The lowest BCUT2D eigenvalue weighted by molar-refractivity contribution is 0.0527. The molecule has 0 spiro atoms. The molecule has 2 aromatic heterocycles. The Balaban J connectivity index is 1.93. The van der Waals surface area contributed by atoms with E-state index in [1.807, 2.05) is 35.7 Å². The third kappa shape index (κ3) is 4.48. The fourth-order valence-corrected chi connectivity index (χ4v) is 4.67. The second kappa shape index (κ2) is 9.48. The largest absolute Gasteiger partial charge is 0.462 e. The molecule has 0 atom stereocenters. The number of aromatic nitrogens is 1. The number of Topliss-reactive ketones (excluding diaryl/α,β-unsaturated/α-hetero) is 1. The molecule has 152 valence electrons. The van der Waals surface area contributed by atoms with Crippen molar-refractivity contribution < 1.29 is 14.3 Å². The maximum absolute atomic E-state index is 12.4. The highest BCUT2D eigenvalue weighted by atomic mass is 32.1. The molecule has 0 bridgehead atoms. The van der Waals surface area contributed by atoms with Crippen molar-refractivity contribution in [2.24, 2.45) is 0 Å². The third-order valence-corrected chi connectivity index (χ3v) is 6.42. The average molecular weight is 438 g/mol. The van der Waals surface area contributed by atoms with Crippen LogP contribution in [-0.4, -0.2) is 23.3 Å². The maximum atomic E-state index is 12.4. The molecule has 3 aromatic rings. The topological polar surface area (TPSA) is 92.1 Å². The number of allylic oxidation sites excluding steroid dienone is 1. The van der Waals surface area contributed by atoms with Gasteiger partial charge in [0.05, 0.1) is 22.7 Å². The van der Waals surface area contributed by atoms with Gasteiger partial charge in [-0.25, -0.2) is 9.78 Å². The van der Waals surface area contributed by atoms with Gasteiger partial charge in [0.1, 0.15) is 21.7 Å². The summed E-state index contributed by atoms with van der Waals surface area (Å²) in [5, 5.41) is 15.5.